The molecular weight excluding hydrogens is 360 g/mol. The average molecular weight is 378 g/mol. The number of hydrogen-bond acceptors (Lipinski definition) is 8. The summed E-state index contributed by atoms with van der Waals surface area (Å²) in [5, 5.41) is 11.2. The Morgan fingerprint density at radius 1 is 1.30 bits per heavy atom. The standard InChI is InChI=1S/C17H18N2O8/c1-10(22)15(23)18-17(25)19(9-21)14-7-12(13(8-20)26-14)27-16(24)11-5-3-2-4-6-11/h2-6,9,12-14,20H,7-8H2,1H3,(H,18,23,25)/t12-,13+,14+/m0/s1. The number of ketones is 1. The van der Waals surface area contributed by atoms with Crippen LogP contribution in [0.2, 0.25) is 0 Å². The van der Waals surface area contributed by atoms with Crippen LogP contribution < -0.4 is 5.32 Å². The van der Waals surface area contributed by atoms with E-state index in [9.17, 15) is 29.1 Å². The zero-order valence-corrected chi connectivity index (χ0v) is 14.4. The van der Waals surface area contributed by atoms with Gasteiger partial charge in [-0.05, 0) is 12.1 Å². The summed E-state index contributed by atoms with van der Waals surface area (Å²) in [6.45, 7) is 0.435. The molecule has 1 aliphatic rings. The number of nitrogens with one attached hydrogen (secondary N) is 1. The van der Waals surface area contributed by atoms with Gasteiger partial charge in [0.25, 0.3) is 5.91 Å². The van der Waals surface area contributed by atoms with E-state index < -0.39 is 48.7 Å². The first-order chi connectivity index (χ1) is 12.9. The highest BCUT2D eigenvalue weighted by molar-refractivity contribution is 6.37. The number of benzene rings is 1. The molecule has 1 saturated heterocycles. The minimum atomic E-state index is -1.19. The Balaban J connectivity index is 2.05. The molecule has 4 amide bonds. The number of amides is 4. The summed E-state index contributed by atoms with van der Waals surface area (Å²) in [7, 11) is 0. The lowest BCUT2D eigenvalue weighted by molar-refractivity contribution is -0.137. The van der Waals surface area contributed by atoms with E-state index >= 15 is 0 Å². The molecule has 1 fully saturated rings. The Bertz CT molecular complexity index is 736. The summed E-state index contributed by atoms with van der Waals surface area (Å²) < 4.78 is 10.7. The van der Waals surface area contributed by atoms with Crippen LogP contribution in [0.25, 0.3) is 0 Å². The number of nitrogens with zero attached hydrogens (tertiary/aromatic N) is 1. The second-order valence-corrected chi connectivity index (χ2v) is 5.69. The highest BCUT2D eigenvalue weighted by Crippen LogP contribution is 2.26. The zero-order chi connectivity index (χ0) is 20.0. The van der Waals surface area contributed by atoms with Crippen molar-refractivity contribution in [3.63, 3.8) is 0 Å². The van der Waals surface area contributed by atoms with Crippen LogP contribution in [0.4, 0.5) is 4.79 Å². The normalized spacial score (nSPS) is 21.2. The molecule has 0 aromatic heterocycles. The van der Waals surface area contributed by atoms with Gasteiger partial charge in [0, 0.05) is 13.3 Å². The minimum Gasteiger partial charge on any atom is -0.456 e. The average Bonchev–Trinajstić information content (AvgIpc) is 3.05. The molecule has 144 valence electrons. The number of urea groups is 1. The first-order valence-electron chi connectivity index (χ1n) is 7.99. The number of Topliss-reactive ketones (excluding diaryl/α,β-unsaturated/α-hetero) is 1. The van der Waals surface area contributed by atoms with Crippen LogP contribution >= 0.6 is 0 Å². The maximum atomic E-state index is 12.2. The Hall–Kier alpha value is -3.11. The zero-order valence-electron chi connectivity index (χ0n) is 14.4. The summed E-state index contributed by atoms with van der Waals surface area (Å²) in [4.78, 5) is 58.1. The highest BCUT2D eigenvalue weighted by atomic mass is 16.6. The molecule has 0 saturated carbocycles. The molecule has 1 aromatic rings. The first kappa shape index (κ1) is 20.2. The van der Waals surface area contributed by atoms with Crippen LogP contribution in [0, 0.1) is 0 Å². The molecule has 2 rings (SSSR count). The van der Waals surface area contributed by atoms with Gasteiger partial charge in [-0.2, -0.15) is 0 Å². The molecule has 0 bridgehead atoms. The molecule has 0 radical (unpaired) electrons. The Morgan fingerprint density at radius 3 is 2.52 bits per heavy atom. The van der Waals surface area contributed by atoms with Crippen molar-refractivity contribution in [3.05, 3.63) is 35.9 Å². The van der Waals surface area contributed by atoms with E-state index in [1.54, 1.807) is 35.6 Å². The number of hydrogen-bond donors (Lipinski definition) is 2. The fourth-order valence-electron chi connectivity index (χ4n) is 2.44. The van der Waals surface area contributed by atoms with Gasteiger partial charge in [-0.15, -0.1) is 0 Å². The van der Waals surface area contributed by atoms with Crippen molar-refractivity contribution in [2.75, 3.05) is 6.61 Å². The summed E-state index contributed by atoms with van der Waals surface area (Å²) in [5.41, 5.74) is 0.287. The third-order valence-corrected chi connectivity index (χ3v) is 3.83. The number of ether oxygens (including phenoxy) is 2. The van der Waals surface area contributed by atoms with Gasteiger partial charge in [-0.3, -0.25) is 19.7 Å². The highest BCUT2D eigenvalue weighted by Gasteiger charge is 2.42. The molecule has 10 nitrogen and oxygen atoms in total. The fraction of sp³-hybridized carbons (Fsp3) is 0.353. The third-order valence-electron chi connectivity index (χ3n) is 3.83. The van der Waals surface area contributed by atoms with Crippen molar-refractivity contribution in [1.29, 1.82) is 0 Å². The molecule has 0 aliphatic carbocycles. The van der Waals surface area contributed by atoms with Gasteiger partial charge >= 0.3 is 12.0 Å². The summed E-state index contributed by atoms with van der Waals surface area (Å²) in [6, 6.07) is 6.95. The molecule has 1 aromatic carbocycles. The lowest BCUT2D eigenvalue weighted by Crippen LogP contribution is -2.48. The second-order valence-electron chi connectivity index (χ2n) is 5.69. The van der Waals surface area contributed by atoms with E-state index in [0.29, 0.717) is 4.90 Å². The number of carbonyl (C=O) groups excluding carboxylic acids is 5. The third kappa shape index (κ3) is 4.96. The van der Waals surface area contributed by atoms with E-state index in [1.165, 1.54) is 0 Å². The molecule has 3 atom stereocenters. The van der Waals surface area contributed by atoms with Crippen molar-refractivity contribution in [2.24, 2.45) is 0 Å². The number of rotatable bonds is 6. The molecule has 0 unspecified atom stereocenters. The van der Waals surface area contributed by atoms with Gasteiger partial charge in [0.1, 0.15) is 18.4 Å². The van der Waals surface area contributed by atoms with Crippen molar-refractivity contribution < 1.29 is 38.6 Å². The maximum Gasteiger partial charge on any atom is 0.338 e. The second kappa shape index (κ2) is 9.01. The minimum absolute atomic E-state index is 0.107. The van der Waals surface area contributed by atoms with Crippen LogP contribution in [0.5, 0.6) is 0 Å². The van der Waals surface area contributed by atoms with Gasteiger partial charge in [-0.1, -0.05) is 18.2 Å². The van der Waals surface area contributed by atoms with E-state index in [2.05, 4.69) is 0 Å². The van der Waals surface area contributed by atoms with E-state index in [0.717, 1.165) is 6.92 Å². The van der Waals surface area contributed by atoms with Gasteiger partial charge in [0.15, 0.2) is 0 Å². The van der Waals surface area contributed by atoms with E-state index in [1.807, 2.05) is 0 Å². The number of aliphatic hydroxyl groups is 1. The van der Waals surface area contributed by atoms with Crippen LogP contribution in [0.1, 0.15) is 23.7 Å². The molecule has 0 spiro atoms. The molecule has 1 aliphatic heterocycles. The molecule has 1 heterocycles. The predicted molar refractivity (Wildman–Crippen MR) is 88.1 cm³/mol. The molecule has 2 N–H and O–H groups in total. The number of carbonyl (C=O) groups is 5. The summed E-state index contributed by atoms with van der Waals surface area (Å²) in [6.07, 6.45) is -3.08. The van der Waals surface area contributed by atoms with Gasteiger partial charge in [0.05, 0.1) is 12.2 Å². The van der Waals surface area contributed by atoms with Gasteiger partial charge in [0.2, 0.25) is 12.2 Å². The lowest BCUT2D eigenvalue weighted by Gasteiger charge is -2.21. The van der Waals surface area contributed by atoms with Crippen molar-refractivity contribution >= 4 is 30.1 Å². The molecule has 27 heavy (non-hydrogen) atoms. The Morgan fingerprint density at radius 2 is 1.96 bits per heavy atom. The summed E-state index contributed by atoms with van der Waals surface area (Å²) >= 11 is 0. The van der Waals surface area contributed by atoms with E-state index in [4.69, 9.17) is 9.47 Å². The summed E-state index contributed by atoms with van der Waals surface area (Å²) in [5.74, 6) is -2.75. The quantitative estimate of drug-likeness (QED) is 0.387. The fourth-order valence-corrected chi connectivity index (χ4v) is 2.44. The Kier molecular flexibility index (Phi) is 6.74. The Labute approximate surface area is 154 Å². The topological polar surface area (TPSA) is 139 Å². The lowest BCUT2D eigenvalue weighted by atomic mass is 10.1. The number of aliphatic hydroxyl groups excluding tert-OH is 1. The maximum absolute atomic E-state index is 12.2. The molecular formula is C17H18N2O8. The van der Waals surface area contributed by atoms with Crippen molar-refractivity contribution in [2.45, 2.75) is 31.8 Å². The van der Waals surface area contributed by atoms with Crippen LogP contribution in [-0.4, -0.2) is 65.2 Å². The largest absolute Gasteiger partial charge is 0.456 e. The van der Waals surface area contributed by atoms with Crippen molar-refractivity contribution in [1.82, 2.24) is 10.2 Å². The van der Waals surface area contributed by atoms with E-state index in [-0.39, 0.29) is 18.4 Å². The number of imide groups is 2. The predicted octanol–water partition coefficient (Wildman–Crippen LogP) is -0.397. The van der Waals surface area contributed by atoms with Crippen LogP contribution in [0.15, 0.2) is 30.3 Å². The SMILES string of the molecule is CC(=O)C(=O)NC(=O)N(C=O)[C@H]1C[C@H](OC(=O)c2ccccc2)[C@@H](CO)O1. The number of esters is 1. The van der Waals surface area contributed by atoms with Gasteiger partial charge < -0.3 is 14.6 Å². The molecule has 10 heteroatoms. The smallest absolute Gasteiger partial charge is 0.338 e. The van der Waals surface area contributed by atoms with Gasteiger partial charge in [-0.25, -0.2) is 14.5 Å². The van der Waals surface area contributed by atoms with Crippen molar-refractivity contribution in [3.8, 4) is 0 Å². The first-order valence-corrected chi connectivity index (χ1v) is 7.99. The van der Waals surface area contributed by atoms with Crippen LogP contribution in [0.3, 0.4) is 0 Å². The van der Waals surface area contributed by atoms with Crippen LogP contribution in [-0.2, 0) is 23.9 Å². The monoisotopic (exact) mass is 378 g/mol.